The van der Waals surface area contributed by atoms with E-state index in [1.54, 1.807) is 7.11 Å². The van der Waals surface area contributed by atoms with Crippen molar-refractivity contribution in [3.05, 3.63) is 23.8 Å². The molecule has 0 saturated carbocycles. The number of hydrogen-bond donors (Lipinski definition) is 1. The Morgan fingerprint density at radius 3 is 2.84 bits per heavy atom. The lowest BCUT2D eigenvalue weighted by atomic mass is 10.2. The maximum atomic E-state index is 5.86. The molecule has 0 bridgehead atoms. The van der Waals surface area contributed by atoms with Gasteiger partial charge in [-0.1, -0.05) is 6.92 Å². The summed E-state index contributed by atoms with van der Waals surface area (Å²) in [4.78, 5) is 0. The monoisotopic (exact) mass is 283 g/mol. The zero-order valence-electron chi connectivity index (χ0n) is 12.2. The Balaban J connectivity index is 2.60. The molecule has 0 fully saturated rings. The molecule has 0 spiro atoms. The molecule has 1 aromatic carbocycles. The van der Waals surface area contributed by atoms with E-state index in [4.69, 9.17) is 9.47 Å². The minimum absolute atomic E-state index is 0.772. The van der Waals surface area contributed by atoms with E-state index < -0.39 is 0 Å². The third kappa shape index (κ3) is 6.21. The summed E-state index contributed by atoms with van der Waals surface area (Å²) in [7, 11) is 1.69. The lowest BCUT2D eigenvalue weighted by Gasteiger charge is -2.13. The van der Waals surface area contributed by atoms with Crippen LogP contribution in [0.3, 0.4) is 0 Å². The summed E-state index contributed by atoms with van der Waals surface area (Å²) in [6.45, 7) is 4.78. The highest BCUT2D eigenvalue weighted by Crippen LogP contribution is 2.24. The first-order valence-electron chi connectivity index (χ1n) is 6.81. The maximum Gasteiger partial charge on any atom is 0.124 e. The number of methoxy groups -OCH3 is 1. The first kappa shape index (κ1) is 16.2. The fourth-order valence-corrected chi connectivity index (χ4v) is 2.15. The van der Waals surface area contributed by atoms with E-state index in [-0.39, 0.29) is 0 Å². The highest BCUT2D eigenvalue weighted by atomic mass is 32.2. The standard InChI is InChI=1S/C15H25NO2S/c1-4-8-16-12-13-11-14(17-2)6-7-15(13)18-9-5-10-19-3/h6-7,11,16H,4-5,8-10,12H2,1-3H3. The van der Waals surface area contributed by atoms with Crippen molar-refractivity contribution in [2.75, 3.05) is 32.3 Å². The fraction of sp³-hybridized carbons (Fsp3) is 0.600. The summed E-state index contributed by atoms with van der Waals surface area (Å²) >= 11 is 1.85. The number of rotatable bonds is 10. The van der Waals surface area contributed by atoms with E-state index in [1.807, 2.05) is 30.0 Å². The molecule has 0 aliphatic rings. The molecule has 0 amide bonds. The van der Waals surface area contributed by atoms with Gasteiger partial charge >= 0.3 is 0 Å². The Morgan fingerprint density at radius 2 is 2.16 bits per heavy atom. The second kappa shape index (κ2) is 9.98. The van der Waals surface area contributed by atoms with Crippen LogP contribution in [0.5, 0.6) is 11.5 Å². The molecule has 4 heteroatoms. The van der Waals surface area contributed by atoms with Crippen LogP contribution >= 0.6 is 11.8 Å². The van der Waals surface area contributed by atoms with Crippen LogP contribution in [0, 0.1) is 0 Å². The lowest BCUT2D eigenvalue weighted by molar-refractivity contribution is 0.313. The number of hydrogen-bond acceptors (Lipinski definition) is 4. The molecule has 0 radical (unpaired) electrons. The molecule has 1 rings (SSSR count). The fourth-order valence-electron chi connectivity index (χ4n) is 1.75. The zero-order chi connectivity index (χ0) is 13.9. The van der Waals surface area contributed by atoms with Gasteiger partial charge in [0.1, 0.15) is 11.5 Å². The van der Waals surface area contributed by atoms with Gasteiger partial charge in [0.05, 0.1) is 13.7 Å². The molecule has 0 saturated heterocycles. The van der Waals surface area contributed by atoms with Gasteiger partial charge in [-0.2, -0.15) is 11.8 Å². The molecule has 0 aromatic heterocycles. The topological polar surface area (TPSA) is 30.5 Å². The molecule has 3 nitrogen and oxygen atoms in total. The number of nitrogens with one attached hydrogen (secondary N) is 1. The highest BCUT2D eigenvalue weighted by molar-refractivity contribution is 7.98. The van der Waals surface area contributed by atoms with Crippen LogP contribution in [-0.4, -0.2) is 32.3 Å². The van der Waals surface area contributed by atoms with E-state index in [0.717, 1.165) is 55.4 Å². The van der Waals surface area contributed by atoms with Crippen molar-refractivity contribution in [3.63, 3.8) is 0 Å². The minimum atomic E-state index is 0.772. The van der Waals surface area contributed by atoms with Crippen LogP contribution in [0.4, 0.5) is 0 Å². The van der Waals surface area contributed by atoms with Crippen molar-refractivity contribution in [1.82, 2.24) is 5.32 Å². The predicted octanol–water partition coefficient (Wildman–Crippen LogP) is 3.33. The molecule has 0 atom stereocenters. The van der Waals surface area contributed by atoms with Crippen molar-refractivity contribution < 1.29 is 9.47 Å². The summed E-state index contributed by atoms with van der Waals surface area (Å²) in [5, 5.41) is 3.40. The van der Waals surface area contributed by atoms with Gasteiger partial charge in [-0.15, -0.1) is 0 Å². The van der Waals surface area contributed by atoms with E-state index in [2.05, 4.69) is 18.5 Å². The molecular weight excluding hydrogens is 258 g/mol. The molecule has 108 valence electrons. The Hall–Kier alpha value is -0.870. The van der Waals surface area contributed by atoms with Crippen molar-refractivity contribution in [3.8, 4) is 11.5 Å². The number of thioether (sulfide) groups is 1. The molecular formula is C15H25NO2S. The second-order valence-corrected chi connectivity index (χ2v) is 5.33. The van der Waals surface area contributed by atoms with Crippen LogP contribution < -0.4 is 14.8 Å². The highest BCUT2D eigenvalue weighted by Gasteiger charge is 2.05. The van der Waals surface area contributed by atoms with Crippen molar-refractivity contribution >= 4 is 11.8 Å². The predicted molar refractivity (Wildman–Crippen MR) is 83.5 cm³/mol. The largest absolute Gasteiger partial charge is 0.497 e. The van der Waals surface area contributed by atoms with Crippen molar-refractivity contribution in [2.45, 2.75) is 26.3 Å². The summed E-state index contributed by atoms with van der Waals surface area (Å²) in [6.07, 6.45) is 4.33. The average molecular weight is 283 g/mol. The van der Waals surface area contributed by atoms with Crippen molar-refractivity contribution in [2.24, 2.45) is 0 Å². The Kier molecular flexibility index (Phi) is 8.50. The maximum absolute atomic E-state index is 5.86. The van der Waals surface area contributed by atoms with E-state index in [1.165, 1.54) is 0 Å². The molecule has 0 unspecified atom stereocenters. The van der Waals surface area contributed by atoms with Gasteiger partial charge in [-0.05, 0) is 49.6 Å². The zero-order valence-corrected chi connectivity index (χ0v) is 13.0. The summed E-state index contributed by atoms with van der Waals surface area (Å²) in [6, 6.07) is 6.00. The summed E-state index contributed by atoms with van der Waals surface area (Å²) in [5.74, 6) is 2.98. The minimum Gasteiger partial charge on any atom is -0.497 e. The van der Waals surface area contributed by atoms with Crippen LogP contribution in [-0.2, 0) is 6.54 Å². The van der Waals surface area contributed by atoms with Gasteiger partial charge in [0.25, 0.3) is 0 Å². The van der Waals surface area contributed by atoms with Crippen LogP contribution in [0.15, 0.2) is 18.2 Å². The van der Waals surface area contributed by atoms with Gasteiger partial charge in [0, 0.05) is 12.1 Å². The summed E-state index contributed by atoms with van der Waals surface area (Å²) < 4.78 is 11.1. The van der Waals surface area contributed by atoms with Crippen LogP contribution in [0.2, 0.25) is 0 Å². The number of ether oxygens (including phenoxy) is 2. The second-order valence-electron chi connectivity index (χ2n) is 4.35. The van der Waals surface area contributed by atoms with Gasteiger partial charge < -0.3 is 14.8 Å². The quantitative estimate of drug-likeness (QED) is 0.667. The van der Waals surface area contributed by atoms with Gasteiger partial charge in [-0.3, -0.25) is 0 Å². The first-order valence-corrected chi connectivity index (χ1v) is 8.20. The van der Waals surface area contributed by atoms with Crippen LogP contribution in [0.1, 0.15) is 25.3 Å². The molecule has 0 aliphatic heterocycles. The summed E-state index contributed by atoms with van der Waals surface area (Å²) in [5.41, 5.74) is 1.16. The van der Waals surface area contributed by atoms with E-state index >= 15 is 0 Å². The van der Waals surface area contributed by atoms with Gasteiger partial charge in [0.15, 0.2) is 0 Å². The normalized spacial score (nSPS) is 10.5. The smallest absolute Gasteiger partial charge is 0.124 e. The van der Waals surface area contributed by atoms with Gasteiger partial charge in [0.2, 0.25) is 0 Å². The lowest BCUT2D eigenvalue weighted by Crippen LogP contribution is -2.15. The Morgan fingerprint density at radius 1 is 1.32 bits per heavy atom. The van der Waals surface area contributed by atoms with E-state index in [9.17, 15) is 0 Å². The Labute approximate surface area is 121 Å². The molecule has 1 N–H and O–H groups in total. The third-order valence-corrected chi connectivity index (χ3v) is 3.46. The first-order chi connectivity index (χ1) is 9.31. The van der Waals surface area contributed by atoms with Crippen molar-refractivity contribution in [1.29, 1.82) is 0 Å². The van der Waals surface area contributed by atoms with E-state index in [0.29, 0.717) is 0 Å². The number of benzene rings is 1. The Bertz CT molecular complexity index is 358. The van der Waals surface area contributed by atoms with Crippen LogP contribution in [0.25, 0.3) is 0 Å². The molecule has 19 heavy (non-hydrogen) atoms. The SMILES string of the molecule is CCCNCc1cc(OC)ccc1OCCCSC. The molecule has 1 aromatic rings. The molecule has 0 heterocycles. The third-order valence-electron chi connectivity index (χ3n) is 2.76. The molecule has 0 aliphatic carbocycles. The van der Waals surface area contributed by atoms with Gasteiger partial charge in [-0.25, -0.2) is 0 Å². The average Bonchev–Trinajstić information content (AvgIpc) is 2.45.